The van der Waals surface area contributed by atoms with Crippen LogP contribution in [0.4, 0.5) is 0 Å². The van der Waals surface area contributed by atoms with Crippen molar-refractivity contribution >= 4 is 17.0 Å². The zero-order chi connectivity index (χ0) is 16.4. The lowest BCUT2D eigenvalue weighted by Crippen LogP contribution is -2.08. The van der Waals surface area contributed by atoms with Crippen LogP contribution in [-0.2, 0) is 0 Å². The van der Waals surface area contributed by atoms with E-state index in [9.17, 15) is 4.79 Å². The number of benzene rings is 3. The van der Waals surface area contributed by atoms with Crippen molar-refractivity contribution in [2.45, 2.75) is 0 Å². The highest BCUT2D eigenvalue weighted by Crippen LogP contribution is 2.17. The molecule has 5 heteroatoms. The fourth-order valence-corrected chi connectivity index (χ4v) is 2.36. The Morgan fingerprint density at radius 2 is 1.33 bits per heavy atom. The molecule has 0 N–H and O–H groups in total. The van der Waals surface area contributed by atoms with Crippen LogP contribution >= 0.6 is 0 Å². The molecule has 0 aliphatic heterocycles. The van der Waals surface area contributed by atoms with Crippen LogP contribution in [0.15, 0.2) is 78.9 Å². The molecule has 4 aromatic rings. The van der Waals surface area contributed by atoms with Crippen LogP contribution in [0.1, 0.15) is 10.4 Å². The molecule has 1 aromatic heterocycles. The molecule has 0 bridgehead atoms. The number of hydrogen-bond donors (Lipinski definition) is 0. The Morgan fingerprint density at radius 3 is 1.96 bits per heavy atom. The molecular formula is C19H13N3O2. The van der Waals surface area contributed by atoms with Gasteiger partial charge in [-0.1, -0.05) is 30.3 Å². The summed E-state index contributed by atoms with van der Waals surface area (Å²) in [5.74, 6) is 0.0932. The molecule has 3 aromatic carbocycles. The highest BCUT2D eigenvalue weighted by Gasteiger charge is 2.08. The standard InChI is InChI=1S/C19H13N3O2/c23-19(14-6-2-1-3-7-14)24-16-12-10-15(11-13-16)22-20-17-8-4-5-9-18(17)21-22/h1-13H. The third-order valence-electron chi connectivity index (χ3n) is 3.57. The molecule has 0 aliphatic carbocycles. The Morgan fingerprint density at radius 1 is 0.750 bits per heavy atom. The number of hydrogen-bond acceptors (Lipinski definition) is 4. The van der Waals surface area contributed by atoms with Crippen LogP contribution in [0.25, 0.3) is 16.7 Å². The van der Waals surface area contributed by atoms with Gasteiger partial charge in [0.05, 0.1) is 11.3 Å². The summed E-state index contributed by atoms with van der Waals surface area (Å²) < 4.78 is 5.36. The number of aromatic nitrogens is 3. The maximum Gasteiger partial charge on any atom is 0.343 e. The quantitative estimate of drug-likeness (QED) is 0.428. The summed E-state index contributed by atoms with van der Waals surface area (Å²) in [5.41, 5.74) is 2.97. The Kier molecular flexibility index (Phi) is 3.51. The van der Waals surface area contributed by atoms with Crippen molar-refractivity contribution in [3.05, 3.63) is 84.4 Å². The lowest BCUT2D eigenvalue weighted by atomic mass is 10.2. The maximum atomic E-state index is 12.0. The van der Waals surface area contributed by atoms with Gasteiger partial charge in [0, 0.05) is 0 Å². The number of rotatable bonds is 3. The number of esters is 1. The maximum absolute atomic E-state index is 12.0. The molecule has 116 valence electrons. The lowest BCUT2D eigenvalue weighted by molar-refractivity contribution is 0.0735. The van der Waals surface area contributed by atoms with Gasteiger partial charge < -0.3 is 4.74 Å². The van der Waals surface area contributed by atoms with E-state index in [1.54, 1.807) is 41.2 Å². The van der Waals surface area contributed by atoms with Crippen molar-refractivity contribution in [1.29, 1.82) is 0 Å². The molecular weight excluding hydrogens is 302 g/mol. The third kappa shape index (κ3) is 2.75. The SMILES string of the molecule is O=C(Oc1ccc(-n2nc3ccccc3n2)cc1)c1ccccc1. The number of nitrogens with zero attached hydrogens (tertiary/aromatic N) is 3. The topological polar surface area (TPSA) is 57.0 Å². The predicted octanol–water partition coefficient (Wildman–Crippen LogP) is 3.64. The summed E-state index contributed by atoms with van der Waals surface area (Å²) in [6.45, 7) is 0. The fraction of sp³-hybridized carbons (Fsp3) is 0. The fourth-order valence-electron chi connectivity index (χ4n) is 2.36. The van der Waals surface area contributed by atoms with E-state index < -0.39 is 0 Å². The third-order valence-corrected chi connectivity index (χ3v) is 3.57. The zero-order valence-electron chi connectivity index (χ0n) is 12.7. The van der Waals surface area contributed by atoms with Gasteiger partial charge in [-0.15, -0.1) is 10.2 Å². The van der Waals surface area contributed by atoms with E-state index in [-0.39, 0.29) is 5.97 Å². The first-order chi connectivity index (χ1) is 11.8. The average molecular weight is 315 g/mol. The summed E-state index contributed by atoms with van der Waals surface area (Å²) in [6, 6.07) is 23.6. The first-order valence-electron chi connectivity index (χ1n) is 7.49. The van der Waals surface area contributed by atoms with Crippen molar-refractivity contribution in [3.8, 4) is 11.4 Å². The Bertz CT molecular complexity index is 959. The number of carbonyl (C=O) groups excluding carboxylic acids is 1. The highest BCUT2D eigenvalue weighted by atomic mass is 16.5. The average Bonchev–Trinajstić information content (AvgIpc) is 3.07. The van der Waals surface area contributed by atoms with E-state index >= 15 is 0 Å². The molecule has 0 spiro atoms. The largest absolute Gasteiger partial charge is 0.423 e. The second kappa shape index (κ2) is 5.96. The zero-order valence-corrected chi connectivity index (χ0v) is 12.7. The molecule has 0 saturated carbocycles. The number of fused-ring (bicyclic) bond motifs is 1. The monoisotopic (exact) mass is 315 g/mol. The van der Waals surface area contributed by atoms with Gasteiger partial charge in [0.15, 0.2) is 0 Å². The molecule has 4 rings (SSSR count). The van der Waals surface area contributed by atoms with Crippen molar-refractivity contribution < 1.29 is 9.53 Å². The lowest BCUT2D eigenvalue weighted by Gasteiger charge is -2.05. The smallest absolute Gasteiger partial charge is 0.343 e. The highest BCUT2D eigenvalue weighted by molar-refractivity contribution is 5.90. The Hall–Kier alpha value is -3.47. The minimum Gasteiger partial charge on any atom is -0.423 e. The Balaban J connectivity index is 1.55. The van der Waals surface area contributed by atoms with Crippen molar-refractivity contribution in [2.24, 2.45) is 0 Å². The molecule has 1 heterocycles. The second-order valence-electron chi connectivity index (χ2n) is 5.23. The predicted molar refractivity (Wildman–Crippen MR) is 90.3 cm³/mol. The van der Waals surface area contributed by atoms with Gasteiger partial charge in [0.2, 0.25) is 0 Å². The van der Waals surface area contributed by atoms with E-state index in [1.807, 2.05) is 42.5 Å². The van der Waals surface area contributed by atoms with Gasteiger partial charge in [-0.05, 0) is 48.5 Å². The number of ether oxygens (including phenoxy) is 1. The molecule has 0 radical (unpaired) electrons. The van der Waals surface area contributed by atoms with Crippen LogP contribution < -0.4 is 4.74 Å². The summed E-state index contributed by atoms with van der Waals surface area (Å²) in [4.78, 5) is 13.6. The second-order valence-corrected chi connectivity index (χ2v) is 5.23. The van der Waals surface area contributed by atoms with Gasteiger partial charge in [-0.2, -0.15) is 4.80 Å². The van der Waals surface area contributed by atoms with E-state index in [4.69, 9.17) is 4.74 Å². The minimum absolute atomic E-state index is 0.383. The van der Waals surface area contributed by atoms with Crippen LogP contribution in [-0.4, -0.2) is 21.0 Å². The van der Waals surface area contributed by atoms with Crippen molar-refractivity contribution in [3.63, 3.8) is 0 Å². The van der Waals surface area contributed by atoms with Gasteiger partial charge >= 0.3 is 5.97 Å². The van der Waals surface area contributed by atoms with Crippen LogP contribution in [0, 0.1) is 0 Å². The number of carbonyl (C=O) groups is 1. The summed E-state index contributed by atoms with van der Waals surface area (Å²) in [6.07, 6.45) is 0. The van der Waals surface area contributed by atoms with Gasteiger partial charge in [0.1, 0.15) is 16.8 Å². The molecule has 0 saturated heterocycles. The van der Waals surface area contributed by atoms with E-state index in [0.29, 0.717) is 11.3 Å². The molecule has 0 aliphatic rings. The van der Waals surface area contributed by atoms with Gasteiger partial charge in [0.25, 0.3) is 0 Å². The first kappa shape index (κ1) is 14.1. The summed E-state index contributed by atoms with van der Waals surface area (Å²) in [7, 11) is 0. The molecule has 0 unspecified atom stereocenters. The molecule has 0 fully saturated rings. The van der Waals surface area contributed by atoms with E-state index in [2.05, 4.69) is 10.2 Å². The van der Waals surface area contributed by atoms with Gasteiger partial charge in [-0.25, -0.2) is 4.79 Å². The molecule has 24 heavy (non-hydrogen) atoms. The van der Waals surface area contributed by atoms with Crippen LogP contribution in [0.5, 0.6) is 5.75 Å². The first-order valence-corrected chi connectivity index (χ1v) is 7.49. The van der Waals surface area contributed by atoms with E-state index in [0.717, 1.165) is 16.7 Å². The van der Waals surface area contributed by atoms with Crippen LogP contribution in [0.2, 0.25) is 0 Å². The molecule has 0 atom stereocenters. The van der Waals surface area contributed by atoms with Crippen LogP contribution in [0.3, 0.4) is 0 Å². The normalized spacial score (nSPS) is 10.7. The van der Waals surface area contributed by atoms with Crippen molar-refractivity contribution in [1.82, 2.24) is 15.0 Å². The Labute approximate surface area is 138 Å². The molecule has 0 amide bonds. The van der Waals surface area contributed by atoms with E-state index in [1.165, 1.54) is 0 Å². The summed E-state index contributed by atoms with van der Waals surface area (Å²) in [5, 5.41) is 8.84. The minimum atomic E-state index is -0.383. The summed E-state index contributed by atoms with van der Waals surface area (Å²) >= 11 is 0. The molecule has 5 nitrogen and oxygen atoms in total. The van der Waals surface area contributed by atoms with Gasteiger partial charge in [-0.3, -0.25) is 0 Å². The van der Waals surface area contributed by atoms with Crippen molar-refractivity contribution in [2.75, 3.05) is 0 Å².